The van der Waals surface area contributed by atoms with E-state index in [1.165, 1.54) is 0 Å². The fourth-order valence-electron chi connectivity index (χ4n) is 2.33. The topological polar surface area (TPSA) is 103 Å². The summed E-state index contributed by atoms with van der Waals surface area (Å²) in [6, 6.07) is -0.981. The van der Waals surface area contributed by atoms with Crippen molar-refractivity contribution in [3.05, 3.63) is 36.2 Å². The third kappa shape index (κ3) is 6.25. The van der Waals surface area contributed by atoms with Gasteiger partial charge in [-0.25, -0.2) is 19.9 Å². The van der Waals surface area contributed by atoms with Gasteiger partial charge in [0, 0.05) is 11.6 Å². The first-order chi connectivity index (χ1) is 14.5. The minimum absolute atomic E-state index is 0.0730. The number of hydrazine groups is 1. The number of hydrogen-bond acceptors (Lipinski definition) is 5. The van der Waals surface area contributed by atoms with Crippen LogP contribution in [0.15, 0.2) is 35.5 Å². The highest BCUT2D eigenvalue weighted by atomic mass is 32.5. The molecule has 1 heterocycles. The minimum Gasteiger partial charge on any atom is -0.291 e. The van der Waals surface area contributed by atoms with Gasteiger partial charge in [-0.05, 0) is 32.0 Å². The molecule has 0 aliphatic rings. The van der Waals surface area contributed by atoms with Gasteiger partial charge in [-0.15, -0.1) is 5.10 Å². The largest absolute Gasteiger partial charge is 0.416 e. The molecule has 1 aromatic carbocycles. The number of carbonyl (C=O) groups is 2. The van der Waals surface area contributed by atoms with Crippen LogP contribution >= 0.6 is 10.2 Å². The summed E-state index contributed by atoms with van der Waals surface area (Å²) in [5.74, 6) is 1.36. The van der Waals surface area contributed by atoms with Gasteiger partial charge < -0.3 is 0 Å². The Morgan fingerprint density at radius 2 is 1.64 bits per heavy atom. The van der Waals surface area contributed by atoms with Crippen LogP contribution in [0, 0.1) is 0 Å². The molecule has 0 unspecified atom stereocenters. The van der Waals surface area contributed by atoms with Gasteiger partial charge in [-0.2, -0.15) is 13.2 Å². The van der Waals surface area contributed by atoms with E-state index < -0.39 is 67.4 Å². The zero-order valence-electron chi connectivity index (χ0n) is 16.4. The van der Waals surface area contributed by atoms with E-state index in [2.05, 4.69) is 10.1 Å². The first kappa shape index (κ1) is 26.2. The molecular weight excluding hydrogens is 497 g/mol. The summed E-state index contributed by atoms with van der Waals surface area (Å²) in [4.78, 5) is 24.3. The predicted molar refractivity (Wildman–Crippen MR) is 98.7 cm³/mol. The summed E-state index contributed by atoms with van der Waals surface area (Å²) in [5, 5.41) is 3.46. The van der Waals surface area contributed by atoms with E-state index in [4.69, 9.17) is 5.84 Å². The summed E-state index contributed by atoms with van der Waals surface area (Å²) in [6.07, 6.45) is -4.46. The summed E-state index contributed by atoms with van der Waals surface area (Å²) < 4.78 is 120. The highest BCUT2D eigenvalue weighted by molar-refractivity contribution is 8.45. The van der Waals surface area contributed by atoms with Gasteiger partial charge >= 0.3 is 16.4 Å². The van der Waals surface area contributed by atoms with Gasteiger partial charge in [-0.3, -0.25) is 15.0 Å². The first-order valence-corrected chi connectivity index (χ1v) is 10.3. The summed E-state index contributed by atoms with van der Waals surface area (Å²) in [7, 11) is -10.6. The van der Waals surface area contributed by atoms with Crippen LogP contribution in [0.5, 0.6) is 0 Å². The Labute approximate surface area is 179 Å². The predicted octanol–water partition coefficient (Wildman–Crippen LogP) is 4.77. The van der Waals surface area contributed by atoms with E-state index in [1.807, 2.05) is 0 Å². The number of ketones is 1. The van der Waals surface area contributed by atoms with Crippen molar-refractivity contribution in [2.75, 3.05) is 0 Å². The number of nitrogens with one attached hydrogen (secondary N) is 1. The van der Waals surface area contributed by atoms with Crippen molar-refractivity contribution in [2.45, 2.75) is 30.6 Å². The molecule has 2 aromatic rings. The molecule has 7 nitrogen and oxygen atoms in total. The van der Waals surface area contributed by atoms with Crippen molar-refractivity contribution >= 4 is 27.6 Å². The van der Waals surface area contributed by atoms with Gasteiger partial charge in [0.1, 0.15) is 16.9 Å². The van der Waals surface area contributed by atoms with Crippen LogP contribution in [0.2, 0.25) is 0 Å². The molecule has 1 aromatic heterocycles. The van der Waals surface area contributed by atoms with E-state index in [0.717, 1.165) is 13.8 Å². The van der Waals surface area contributed by atoms with Gasteiger partial charge in [0.15, 0.2) is 11.5 Å². The number of Topliss-reactive ketones (excluding diaryl/α,β-unsaturated/α-hetero) is 1. The van der Waals surface area contributed by atoms with Crippen LogP contribution in [-0.4, -0.2) is 32.1 Å². The number of amides is 1. The van der Waals surface area contributed by atoms with E-state index in [0.29, 0.717) is 17.1 Å². The highest BCUT2D eigenvalue weighted by Crippen LogP contribution is 3.02. The molecule has 0 spiro atoms. The molecule has 33 heavy (non-hydrogen) atoms. The second kappa shape index (κ2) is 7.21. The lowest BCUT2D eigenvalue weighted by Gasteiger charge is -2.40. The lowest BCUT2D eigenvalue weighted by molar-refractivity contribution is -0.137. The van der Waals surface area contributed by atoms with E-state index >= 15 is 0 Å². The Morgan fingerprint density at radius 1 is 1.06 bits per heavy atom. The van der Waals surface area contributed by atoms with Crippen LogP contribution in [0.4, 0.5) is 37.0 Å². The molecule has 0 bridgehead atoms. The number of rotatable bonds is 6. The average Bonchev–Trinajstić information content (AvgIpc) is 3.11. The maximum absolute atomic E-state index is 14.1. The standard InChI is InChI=1S/C16H14F9N5O2S/c1-15(2,17)13(32)11(6-12(31)28-26)30-7-27-14(29-30)8-3-9(16(18,19)20)5-10(4-8)33(21,22,23,24)25/h3-7H,26H2,1-2H3,(H,28,31)/b11-6-. The number of alkyl halides is 4. The number of halogens is 9. The maximum Gasteiger partial charge on any atom is 0.416 e. The number of benzene rings is 1. The van der Waals surface area contributed by atoms with Gasteiger partial charge in [0.25, 0.3) is 5.91 Å². The number of nitrogens with two attached hydrogens (primary N) is 1. The second-order valence-corrected chi connectivity index (χ2v) is 9.47. The summed E-state index contributed by atoms with van der Waals surface area (Å²) in [5.41, 5.74) is -5.09. The molecule has 184 valence electrons. The molecule has 0 aliphatic carbocycles. The number of allylic oxidation sites excluding steroid dienone is 1. The molecule has 0 saturated carbocycles. The van der Waals surface area contributed by atoms with Crippen molar-refractivity contribution in [1.82, 2.24) is 20.2 Å². The summed E-state index contributed by atoms with van der Waals surface area (Å²) >= 11 is 0. The van der Waals surface area contributed by atoms with E-state index in [-0.39, 0.29) is 12.1 Å². The Hall–Kier alpha value is -3.08. The molecule has 2 rings (SSSR count). The molecular formula is C16H14F9N5O2S. The van der Waals surface area contributed by atoms with Crippen molar-refractivity contribution < 1.29 is 46.6 Å². The molecule has 1 amide bonds. The fraction of sp³-hybridized carbons (Fsp3) is 0.250. The quantitative estimate of drug-likeness (QED) is 0.191. The number of nitrogens with zero attached hydrogens (tertiary/aromatic N) is 3. The van der Waals surface area contributed by atoms with Crippen LogP contribution in [0.25, 0.3) is 17.1 Å². The van der Waals surface area contributed by atoms with E-state index in [1.54, 1.807) is 5.43 Å². The Balaban J connectivity index is 2.74. The van der Waals surface area contributed by atoms with Crippen molar-refractivity contribution in [2.24, 2.45) is 5.84 Å². The molecule has 0 radical (unpaired) electrons. The zero-order chi connectivity index (χ0) is 25.7. The Kier molecular flexibility index (Phi) is 5.72. The number of hydrogen-bond donors (Lipinski definition) is 2. The minimum atomic E-state index is -10.6. The molecule has 17 heteroatoms. The van der Waals surface area contributed by atoms with Crippen LogP contribution in [0.3, 0.4) is 0 Å². The molecule has 0 saturated heterocycles. The van der Waals surface area contributed by atoms with Crippen LogP contribution in [0.1, 0.15) is 19.4 Å². The zero-order valence-corrected chi connectivity index (χ0v) is 17.2. The van der Waals surface area contributed by atoms with Crippen molar-refractivity contribution in [1.29, 1.82) is 0 Å². The van der Waals surface area contributed by atoms with Crippen LogP contribution in [-0.2, 0) is 15.8 Å². The fourth-order valence-corrected chi connectivity index (χ4v) is 3.03. The Morgan fingerprint density at radius 3 is 2.09 bits per heavy atom. The third-order valence-corrected chi connectivity index (χ3v) is 4.99. The van der Waals surface area contributed by atoms with E-state index in [9.17, 15) is 46.6 Å². The van der Waals surface area contributed by atoms with Gasteiger partial charge in [0.05, 0.1) is 5.56 Å². The Bertz CT molecular complexity index is 1150. The first-order valence-electron chi connectivity index (χ1n) is 8.38. The number of aromatic nitrogens is 3. The second-order valence-electron chi connectivity index (χ2n) is 7.07. The molecule has 3 N–H and O–H groups in total. The SMILES string of the molecule is CC(C)(F)C(=O)/C(=C/C(=O)NN)n1cnc(-c2cc(C(F)(F)F)cc(S(F)(F)(F)(F)F)c2)n1. The summed E-state index contributed by atoms with van der Waals surface area (Å²) in [6.45, 7) is 1.57. The van der Waals surface area contributed by atoms with Gasteiger partial charge in [0.2, 0.25) is 5.78 Å². The molecule has 0 atom stereocenters. The number of carbonyl (C=O) groups excluding carboxylic acids is 2. The lowest BCUT2D eigenvalue weighted by atomic mass is 10.0. The molecule has 0 fully saturated rings. The van der Waals surface area contributed by atoms with Crippen molar-refractivity contribution in [3.8, 4) is 11.4 Å². The maximum atomic E-state index is 14.1. The van der Waals surface area contributed by atoms with Gasteiger partial charge in [-0.1, -0.05) is 19.4 Å². The van der Waals surface area contributed by atoms with Crippen molar-refractivity contribution in [3.63, 3.8) is 0 Å². The monoisotopic (exact) mass is 511 g/mol. The molecule has 0 aliphatic heterocycles. The normalized spacial score (nSPS) is 15.6. The average molecular weight is 511 g/mol. The highest BCUT2D eigenvalue weighted by Gasteiger charge is 2.66. The van der Waals surface area contributed by atoms with Crippen LogP contribution < -0.4 is 11.3 Å². The third-order valence-electron chi connectivity index (χ3n) is 3.86. The lowest BCUT2D eigenvalue weighted by Crippen LogP contribution is -2.33. The smallest absolute Gasteiger partial charge is 0.291 e.